The smallest absolute Gasteiger partial charge is 0.134 e. The van der Waals surface area contributed by atoms with Crippen LogP contribution in [0, 0.1) is 0 Å². The maximum absolute atomic E-state index is 9.57. The van der Waals surface area contributed by atoms with Crippen molar-refractivity contribution in [2.75, 3.05) is 25.4 Å². The molecular formula is C21H25NO3S. The Bertz CT molecular complexity index is 749. The molecule has 0 aromatic heterocycles. The number of hydrogen-bond acceptors (Lipinski definition) is 5. The average Bonchev–Trinajstić information content (AvgIpc) is 3.07. The largest absolute Gasteiger partial charge is 0.508 e. The molecule has 1 fully saturated rings. The highest BCUT2D eigenvalue weighted by molar-refractivity contribution is 7.99. The second-order valence-corrected chi connectivity index (χ2v) is 8.06. The van der Waals surface area contributed by atoms with Crippen molar-refractivity contribution in [2.24, 2.45) is 0 Å². The van der Waals surface area contributed by atoms with Gasteiger partial charge in [-0.3, -0.25) is 4.90 Å². The number of phenolic OH excluding ortho intramolecular Hbond substituents is 1. The highest BCUT2D eigenvalue weighted by atomic mass is 32.2. The topological polar surface area (TPSA) is 41.9 Å². The standard InChI is InChI=1S/C21H25NO3S/c1-15-3-2-10-22(15)11-12-24-18-7-4-16(5-8-18)20-14-26-21-13-17(23)6-9-19(21)25-20/h4-9,13,15,20,23H,2-3,10-12,14H2,1H3/t15?,20-/m1/s1. The zero-order valence-electron chi connectivity index (χ0n) is 15.1. The van der Waals surface area contributed by atoms with Gasteiger partial charge in [-0.1, -0.05) is 12.1 Å². The van der Waals surface area contributed by atoms with Crippen LogP contribution in [0.2, 0.25) is 0 Å². The minimum absolute atomic E-state index is 0.0246. The summed E-state index contributed by atoms with van der Waals surface area (Å²) in [6.07, 6.45) is 2.63. The molecule has 0 saturated carbocycles. The number of fused-ring (bicyclic) bond motifs is 1. The van der Waals surface area contributed by atoms with Crippen molar-refractivity contribution in [3.63, 3.8) is 0 Å². The van der Waals surface area contributed by atoms with Crippen molar-refractivity contribution in [2.45, 2.75) is 36.8 Å². The van der Waals surface area contributed by atoms with E-state index in [0.717, 1.165) is 40.9 Å². The van der Waals surface area contributed by atoms with Gasteiger partial charge in [-0.05, 0) is 62.2 Å². The molecule has 138 valence electrons. The summed E-state index contributed by atoms with van der Waals surface area (Å²) >= 11 is 1.72. The summed E-state index contributed by atoms with van der Waals surface area (Å²) in [7, 11) is 0. The molecule has 2 aromatic rings. The lowest BCUT2D eigenvalue weighted by Crippen LogP contribution is -2.31. The molecule has 0 aliphatic carbocycles. The van der Waals surface area contributed by atoms with Crippen LogP contribution in [0.15, 0.2) is 47.4 Å². The SMILES string of the molecule is CC1CCCN1CCOc1ccc([C@H]2CSc3cc(O)ccc3O2)cc1. The monoisotopic (exact) mass is 371 g/mol. The van der Waals surface area contributed by atoms with E-state index in [4.69, 9.17) is 9.47 Å². The Morgan fingerprint density at radius 1 is 1.23 bits per heavy atom. The number of aromatic hydroxyl groups is 1. The summed E-state index contributed by atoms with van der Waals surface area (Å²) in [5.41, 5.74) is 1.15. The van der Waals surface area contributed by atoms with Crippen molar-refractivity contribution in [3.05, 3.63) is 48.0 Å². The van der Waals surface area contributed by atoms with Gasteiger partial charge in [0.15, 0.2) is 0 Å². The van der Waals surface area contributed by atoms with Crippen LogP contribution in [0.5, 0.6) is 17.2 Å². The number of rotatable bonds is 5. The Balaban J connectivity index is 1.32. The summed E-state index contributed by atoms with van der Waals surface area (Å²) < 4.78 is 12.0. The summed E-state index contributed by atoms with van der Waals surface area (Å²) in [5.74, 6) is 2.87. The Morgan fingerprint density at radius 2 is 2.08 bits per heavy atom. The molecule has 2 heterocycles. The summed E-state index contributed by atoms with van der Waals surface area (Å²) in [6, 6.07) is 14.2. The van der Waals surface area contributed by atoms with Crippen LogP contribution in [0.25, 0.3) is 0 Å². The molecule has 4 rings (SSSR count). The fraction of sp³-hybridized carbons (Fsp3) is 0.429. The van der Waals surface area contributed by atoms with E-state index in [1.54, 1.807) is 23.9 Å². The van der Waals surface area contributed by atoms with Crippen molar-refractivity contribution in [3.8, 4) is 17.2 Å². The number of nitrogens with zero attached hydrogens (tertiary/aromatic N) is 1. The number of likely N-dealkylation sites (tertiary alicyclic amines) is 1. The second kappa shape index (κ2) is 7.80. The van der Waals surface area contributed by atoms with E-state index >= 15 is 0 Å². The molecule has 4 nitrogen and oxygen atoms in total. The highest BCUT2D eigenvalue weighted by Crippen LogP contribution is 2.42. The number of ether oxygens (including phenoxy) is 2. The third kappa shape index (κ3) is 3.94. The van der Waals surface area contributed by atoms with Crippen LogP contribution in [-0.4, -0.2) is 41.5 Å². The fourth-order valence-corrected chi connectivity index (χ4v) is 4.66. The summed E-state index contributed by atoms with van der Waals surface area (Å²) in [6.45, 7) is 5.22. The van der Waals surface area contributed by atoms with Gasteiger partial charge in [0.05, 0.1) is 4.90 Å². The first-order valence-corrected chi connectivity index (χ1v) is 10.3. The number of phenols is 1. The van der Waals surface area contributed by atoms with Gasteiger partial charge in [-0.25, -0.2) is 0 Å². The van der Waals surface area contributed by atoms with Gasteiger partial charge in [0.25, 0.3) is 0 Å². The maximum Gasteiger partial charge on any atom is 0.134 e. The lowest BCUT2D eigenvalue weighted by Gasteiger charge is -2.26. The summed E-state index contributed by atoms with van der Waals surface area (Å²) in [5, 5.41) is 9.57. The molecule has 2 atom stereocenters. The van der Waals surface area contributed by atoms with E-state index in [1.165, 1.54) is 19.4 Å². The minimum Gasteiger partial charge on any atom is -0.508 e. The van der Waals surface area contributed by atoms with E-state index in [9.17, 15) is 5.11 Å². The van der Waals surface area contributed by atoms with Crippen LogP contribution in [0.4, 0.5) is 0 Å². The number of benzene rings is 2. The molecule has 1 N–H and O–H groups in total. The third-order valence-electron chi connectivity index (χ3n) is 5.18. The predicted octanol–water partition coefficient (Wildman–Crippen LogP) is 4.48. The lowest BCUT2D eigenvalue weighted by molar-refractivity contribution is 0.204. The number of thioether (sulfide) groups is 1. The van der Waals surface area contributed by atoms with Crippen LogP contribution >= 0.6 is 11.8 Å². The Morgan fingerprint density at radius 3 is 2.85 bits per heavy atom. The zero-order valence-corrected chi connectivity index (χ0v) is 15.9. The van der Waals surface area contributed by atoms with Gasteiger partial charge >= 0.3 is 0 Å². The molecule has 2 aromatic carbocycles. The van der Waals surface area contributed by atoms with Gasteiger partial charge in [-0.2, -0.15) is 0 Å². The van der Waals surface area contributed by atoms with Crippen molar-refractivity contribution in [1.29, 1.82) is 0 Å². The van der Waals surface area contributed by atoms with Gasteiger partial charge in [0.2, 0.25) is 0 Å². The molecular weight excluding hydrogens is 346 g/mol. The van der Waals surface area contributed by atoms with E-state index in [0.29, 0.717) is 6.04 Å². The minimum atomic E-state index is 0.0246. The molecule has 0 spiro atoms. The molecule has 26 heavy (non-hydrogen) atoms. The molecule has 2 aliphatic heterocycles. The van der Waals surface area contributed by atoms with Crippen molar-refractivity contribution in [1.82, 2.24) is 4.90 Å². The van der Waals surface area contributed by atoms with E-state index in [2.05, 4.69) is 24.0 Å². The normalized spacial score (nSPS) is 22.7. The quantitative estimate of drug-likeness (QED) is 0.839. The Kier molecular flexibility index (Phi) is 5.27. The van der Waals surface area contributed by atoms with Gasteiger partial charge in [0, 0.05) is 18.3 Å². The first-order chi connectivity index (χ1) is 12.7. The van der Waals surface area contributed by atoms with E-state index in [-0.39, 0.29) is 11.9 Å². The zero-order chi connectivity index (χ0) is 17.9. The van der Waals surface area contributed by atoms with E-state index < -0.39 is 0 Å². The Hall–Kier alpha value is -1.85. The molecule has 5 heteroatoms. The van der Waals surface area contributed by atoms with Gasteiger partial charge in [0.1, 0.15) is 30.0 Å². The Labute approximate surface area is 159 Å². The maximum atomic E-state index is 9.57. The van der Waals surface area contributed by atoms with Crippen LogP contribution < -0.4 is 9.47 Å². The van der Waals surface area contributed by atoms with Crippen molar-refractivity contribution < 1.29 is 14.6 Å². The highest BCUT2D eigenvalue weighted by Gasteiger charge is 2.22. The van der Waals surface area contributed by atoms with E-state index in [1.807, 2.05) is 18.2 Å². The molecule has 0 radical (unpaired) electrons. The van der Waals surface area contributed by atoms with Gasteiger partial charge in [-0.15, -0.1) is 11.8 Å². The van der Waals surface area contributed by atoms with Crippen LogP contribution in [-0.2, 0) is 0 Å². The second-order valence-electron chi connectivity index (χ2n) is 6.99. The fourth-order valence-electron chi connectivity index (χ4n) is 3.61. The molecule has 2 aliphatic rings. The van der Waals surface area contributed by atoms with Gasteiger partial charge < -0.3 is 14.6 Å². The molecule has 1 saturated heterocycles. The first-order valence-electron chi connectivity index (χ1n) is 9.28. The molecule has 0 amide bonds. The third-order valence-corrected chi connectivity index (χ3v) is 6.28. The first kappa shape index (κ1) is 17.6. The number of hydrogen-bond donors (Lipinski definition) is 1. The predicted molar refractivity (Wildman–Crippen MR) is 104 cm³/mol. The molecule has 1 unspecified atom stereocenters. The summed E-state index contributed by atoms with van der Waals surface area (Å²) in [4.78, 5) is 3.49. The molecule has 0 bridgehead atoms. The average molecular weight is 372 g/mol. The van der Waals surface area contributed by atoms with Crippen LogP contribution in [0.1, 0.15) is 31.4 Å². The van der Waals surface area contributed by atoms with Crippen LogP contribution in [0.3, 0.4) is 0 Å². The van der Waals surface area contributed by atoms with Crippen molar-refractivity contribution >= 4 is 11.8 Å². The lowest BCUT2D eigenvalue weighted by atomic mass is 10.1.